The monoisotopic (exact) mass is 163 g/mol. The van der Waals surface area contributed by atoms with Gasteiger partial charge in [0.05, 0.1) is 5.56 Å². The van der Waals surface area contributed by atoms with Crippen LogP contribution in [0.3, 0.4) is 0 Å². The maximum absolute atomic E-state index is 8.61. The number of hydrogen-bond donors (Lipinski definition) is 0. The molecule has 0 aliphatic rings. The van der Waals surface area contributed by atoms with E-state index in [0.29, 0.717) is 10.6 Å². The van der Waals surface area contributed by atoms with Crippen LogP contribution < -0.4 is 0 Å². The minimum absolute atomic E-state index is 0.593. The summed E-state index contributed by atoms with van der Waals surface area (Å²) < 4.78 is 0. The maximum Gasteiger partial charge on any atom is 0.114 e. The van der Waals surface area contributed by atoms with Crippen LogP contribution in [0.15, 0.2) is 17.2 Å². The number of aromatic nitrogens is 1. The van der Waals surface area contributed by atoms with Gasteiger partial charge in [-0.3, -0.25) is 0 Å². The summed E-state index contributed by atoms with van der Waals surface area (Å²) in [7, 11) is 0. The van der Waals surface area contributed by atoms with E-state index in [9.17, 15) is 0 Å². The van der Waals surface area contributed by atoms with Crippen molar-refractivity contribution in [2.45, 2.75) is 11.9 Å². The molecule has 0 fully saturated rings. The second kappa shape index (κ2) is 3.40. The first-order valence-electron chi connectivity index (χ1n) is 3.07. The zero-order chi connectivity index (χ0) is 8.27. The highest BCUT2D eigenvalue weighted by Crippen LogP contribution is 2.18. The Labute approximate surface area is 70.3 Å². The van der Waals surface area contributed by atoms with E-state index in [1.54, 1.807) is 6.07 Å². The summed E-state index contributed by atoms with van der Waals surface area (Å²) in [4.78, 5) is 4.14. The summed E-state index contributed by atoms with van der Waals surface area (Å²) in [5, 5.41) is 9.31. The van der Waals surface area contributed by atoms with Gasteiger partial charge in [-0.25, -0.2) is 4.98 Å². The molecule has 1 aromatic rings. The summed E-state index contributed by atoms with van der Waals surface area (Å²) in [6.07, 6.45) is 3.61. The lowest BCUT2D eigenvalue weighted by Crippen LogP contribution is -1.87. The Morgan fingerprint density at radius 2 is 2.36 bits per heavy atom. The number of pyridine rings is 1. The molecule has 3 heteroatoms. The normalized spacial score (nSPS) is 9.18. The van der Waals surface area contributed by atoms with Crippen molar-refractivity contribution in [1.82, 2.24) is 4.98 Å². The number of aryl methyl sites for hydroxylation is 1. The van der Waals surface area contributed by atoms with E-state index in [1.165, 1.54) is 11.8 Å². The summed E-state index contributed by atoms with van der Waals surface area (Å²) in [6, 6.07) is 5.63. The molecule has 55 valence electrons. The van der Waals surface area contributed by atoms with Crippen LogP contribution in [0, 0.1) is 24.5 Å². The summed E-state index contributed by atoms with van der Waals surface area (Å²) in [5.41, 5.74) is 1.51. The minimum atomic E-state index is 0.593. The highest BCUT2D eigenvalue weighted by atomic mass is 32.2. The molecule has 0 amide bonds. The molecular formula is C8H7N2S. The van der Waals surface area contributed by atoms with Gasteiger partial charge in [-0.05, 0) is 19.1 Å². The zero-order valence-corrected chi connectivity index (χ0v) is 6.98. The fraction of sp³-hybridized carbons (Fsp3) is 0.125. The highest BCUT2D eigenvalue weighted by Gasteiger charge is 2.00. The van der Waals surface area contributed by atoms with E-state index in [0.717, 1.165) is 5.69 Å². The molecule has 0 atom stereocenters. The Kier molecular flexibility index (Phi) is 2.50. The maximum atomic E-state index is 8.61. The van der Waals surface area contributed by atoms with Crippen molar-refractivity contribution in [3.63, 3.8) is 0 Å². The van der Waals surface area contributed by atoms with E-state index < -0.39 is 0 Å². The van der Waals surface area contributed by atoms with Crippen molar-refractivity contribution in [3.8, 4) is 6.07 Å². The largest absolute Gasteiger partial charge is 0.245 e. The SMILES string of the molecule is [CH2]Sc1nc(C)ccc1C#N. The van der Waals surface area contributed by atoms with E-state index in [-0.39, 0.29) is 0 Å². The lowest BCUT2D eigenvalue weighted by Gasteiger charge is -1.98. The summed E-state index contributed by atoms with van der Waals surface area (Å²) in [6.45, 7) is 1.89. The minimum Gasteiger partial charge on any atom is -0.245 e. The van der Waals surface area contributed by atoms with Gasteiger partial charge in [0.15, 0.2) is 0 Å². The van der Waals surface area contributed by atoms with Crippen LogP contribution in [-0.2, 0) is 0 Å². The van der Waals surface area contributed by atoms with Gasteiger partial charge in [-0.15, -0.1) is 11.8 Å². The van der Waals surface area contributed by atoms with Crippen molar-refractivity contribution < 1.29 is 0 Å². The number of hydrogen-bond acceptors (Lipinski definition) is 3. The average Bonchev–Trinajstić information content (AvgIpc) is 2.04. The molecular weight excluding hydrogens is 156 g/mol. The molecule has 0 saturated carbocycles. The summed E-state index contributed by atoms with van der Waals surface area (Å²) >= 11 is 1.25. The van der Waals surface area contributed by atoms with E-state index in [4.69, 9.17) is 5.26 Å². The Bertz CT molecular complexity index is 301. The third-order valence-corrected chi connectivity index (χ3v) is 1.84. The van der Waals surface area contributed by atoms with Gasteiger partial charge in [0.2, 0.25) is 0 Å². The van der Waals surface area contributed by atoms with E-state index in [1.807, 2.05) is 13.0 Å². The first-order chi connectivity index (χ1) is 5.27. The van der Waals surface area contributed by atoms with Crippen molar-refractivity contribution in [1.29, 1.82) is 5.26 Å². The fourth-order valence-corrected chi connectivity index (χ4v) is 1.21. The molecule has 0 aliphatic heterocycles. The van der Waals surface area contributed by atoms with Crippen LogP contribution in [0.5, 0.6) is 0 Å². The summed E-state index contributed by atoms with van der Waals surface area (Å²) in [5.74, 6) is 0. The van der Waals surface area contributed by atoms with E-state index in [2.05, 4.69) is 17.3 Å². The number of nitriles is 1. The van der Waals surface area contributed by atoms with Crippen LogP contribution in [0.1, 0.15) is 11.3 Å². The van der Waals surface area contributed by atoms with Gasteiger partial charge >= 0.3 is 0 Å². The van der Waals surface area contributed by atoms with Crippen LogP contribution >= 0.6 is 11.8 Å². The van der Waals surface area contributed by atoms with Crippen molar-refractivity contribution >= 4 is 11.8 Å². The zero-order valence-electron chi connectivity index (χ0n) is 6.16. The highest BCUT2D eigenvalue weighted by molar-refractivity contribution is 8.00. The molecule has 0 aliphatic carbocycles. The Balaban J connectivity index is 3.19. The predicted octanol–water partition coefficient (Wildman–Crippen LogP) is 2.15. The molecule has 1 rings (SSSR count). The molecule has 2 nitrogen and oxygen atoms in total. The first-order valence-corrected chi connectivity index (χ1v) is 4.06. The average molecular weight is 163 g/mol. The molecule has 1 heterocycles. The van der Waals surface area contributed by atoms with Crippen molar-refractivity contribution in [2.24, 2.45) is 0 Å². The standard InChI is InChI=1S/C8H7N2S/c1-6-3-4-7(5-9)8(10-6)11-2/h3-4H,2H2,1H3. The third-order valence-electron chi connectivity index (χ3n) is 1.26. The van der Waals surface area contributed by atoms with Gasteiger partial charge in [0.25, 0.3) is 0 Å². The smallest absolute Gasteiger partial charge is 0.114 e. The molecule has 0 N–H and O–H groups in total. The lowest BCUT2D eigenvalue weighted by molar-refractivity contribution is 1.05. The Morgan fingerprint density at radius 3 is 2.91 bits per heavy atom. The number of nitrogens with zero attached hydrogens (tertiary/aromatic N) is 2. The molecule has 0 spiro atoms. The van der Waals surface area contributed by atoms with Crippen LogP contribution in [0.4, 0.5) is 0 Å². The molecule has 0 unspecified atom stereocenters. The van der Waals surface area contributed by atoms with Gasteiger partial charge < -0.3 is 0 Å². The Hall–Kier alpha value is -1.01. The third kappa shape index (κ3) is 1.72. The van der Waals surface area contributed by atoms with Gasteiger partial charge in [-0.1, -0.05) is 0 Å². The van der Waals surface area contributed by atoms with Gasteiger partial charge in [0, 0.05) is 11.9 Å². The second-order valence-corrected chi connectivity index (χ2v) is 2.74. The molecule has 1 radical (unpaired) electrons. The fourth-order valence-electron chi connectivity index (χ4n) is 0.728. The van der Waals surface area contributed by atoms with Crippen molar-refractivity contribution in [3.05, 3.63) is 29.6 Å². The van der Waals surface area contributed by atoms with Gasteiger partial charge in [0.1, 0.15) is 11.1 Å². The number of thioether (sulfide) groups is 1. The van der Waals surface area contributed by atoms with Crippen molar-refractivity contribution in [2.75, 3.05) is 0 Å². The first kappa shape index (κ1) is 8.09. The predicted molar refractivity (Wildman–Crippen MR) is 44.9 cm³/mol. The lowest BCUT2D eigenvalue weighted by atomic mass is 10.3. The molecule has 0 bridgehead atoms. The molecule has 1 aromatic heterocycles. The Morgan fingerprint density at radius 1 is 1.64 bits per heavy atom. The van der Waals surface area contributed by atoms with Crippen LogP contribution in [0.25, 0.3) is 0 Å². The molecule has 11 heavy (non-hydrogen) atoms. The van der Waals surface area contributed by atoms with Gasteiger partial charge in [-0.2, -0.15) is 5.26 Å². The van der Waals surface area contributed by atoms with E-state index >= 15 is 0 Å². The number of rotatable bonds is 1. The van der Waals surface area contributed by atoms with Crippen LogP contribution in [0.2, 0.25) is 0 Å². The molecule has 0 saturated heterocycles. The molecule has 0 aromatic carbocycles. The van der Waals surface area contributed by atoms with Crippen LogP contribution in [-0.4, -0.2) is 4.98 Å². The topological polar surface area (TPSA) is 36.7 Å². The second-order valence-electron chi connectivity index (χ2n) is 2.06. The quantitative estimate of drug-likeness (QED) is 0.595.